The largest absolute Gasteiger partial charge is 0.489 e. The minimum atomic E-state index is -0.164. The minimum absolute atomic E-state index is 0.0661. The Morgan fingerprint density at radius 3 is 2.50 bits per heavy atom. The van der Waals surface area contributed by atoms with Crippen molar-refractivity contribution < 1.29 is 19.1 Å². The van der Waals surface area contributed by atoms with E-state index in [2.05, 4.69) is 6.42 Å². The first-order valence-corrected chi connectivity index (χ1v) is 13.8. The molecule has 1 unspecified atom stereocenters. The summed E-state index contributed by atoms with van der Waals surface area (Å²) in [4.78, 5) is 27.3. The Balaban J connectivity index is 1.22. The van der Waals surface area contributed by atoms with Crippen LogP contribution in [0.2, 0.25) is 5.02 Å². The Bertz CT molecular complexity index is 1480. The van der Waals surface area contributed by atoms with Crippen LogP contribution in [-0.4, -0.2) is 18.9 Å². The summed E-state index contributed by atoms with van der Waals surface area (Å²) in [6, 6.07) is 29.9. The third-order valence-electron chi connectivity index (χ3n) is 7.09. The maximum Gasteiger partial charge on any atom is 0.314 e. The van der Waals surface area contributed by atoms with E-state index in [1.807, 2.05) is 78.9 Å². The van der Waals surface area contributed by atoms with E-state index in [-0.39, 0.29) is 17.8 Å². The van der Waals surface area contributed by atoms with Crippen molar-refractivity contribution in [2.24, 2.45) is 5.92 Å². The van der Waals surface area contributed by atoms with Crippen molar-refractivity contribution in [1.82, 2.24) is 0 Å². The van der Waals surface area contributed by atoms with Crippen LogP contribution in [0.3, 0.4) is 0 Å². The first kappa shape index (κ1) is 27.5. The lowest BCUT2D eigenvalue weighted by Gasteiger charge is -2.20. The monoisotopic (exact) mass is 552 g/mol. The molecule has 1 fully saturated rings. The highest BCUT2D eigenvalue weighted by atomic mass is 35.5. The number of esters is 1. The molecule has 0 N–H and O–H groups in total. The van der Waals surface area contributed by atoms with Crippen molar-refractivity contribution in [1.29, 1.82) is 0 Å². The lowest BCUT2D eigenvalue weighted by atomic mass is 9.89. The first-order valence-electron chi connectivity index (χ1n) is 13.5. The van der Waals surface area contributed by atoms with Crippen molar-refractivity contribution in [3.63, 3.8) is 0 Å². The van der Waals surface area contributed by atoms with Crippen LogP contribution in [0.5, 0.6) is 11.5 Å². The fourth-order valence-corrected chi connectivity index (χ4v) is 5.02. The molecule has 4 aromatic rings. The van der Waals surface area contributed by atoms with Gasteiger partial charge in [0.2, 0.25) is 0 Å². The summed E-state index contributed by atoms with van der Waals surface area (Å²) in [5.41, 5.74) is 3.96. The molecule has 0 heterocycles. The van der Waals surface area contributed by atoms with Crippen molar-refractivity contribution in [2.45, 2.75) is 32.3 Å². The quantitative estimate of drug-likeness (QED) is 0.163. The SMILES string of the molecule is CN(C(=O)c1cccc(COc2ccc(-c3ccccc3OC(=O)C3C[CH]CCC3)cc2)c1)c1cccc(Cl)c1. The second kappa shape index (κ2) is 12.8. The van der Waals surface area contributed by atoms with Gasteiger partial charge in [-0.25, -0.2) is 0 Å². The predicted octanol–water partition coefficient (Wildman–Crippen LogP) is 8.16. The number of carbonyl (C=O) groups excluding carboxylic acids is 2. The molecule has 0 aromatic heterocycles. The summed E-state index contributed by atoms with van der Waals surface area (Å²) < 4.78 is 11.9. The van der Waals surface area contributed by atoms with Crippen LogP contribution in [0, 0.1) is 12.3 Å². The number of nitrogens with zero attached hydrogens (tertiary/aromatic N) is 1. The van der Waals surface area contributed by atoms with Crippen LogP contribution in [0.4, 0.5) is 5.69 Å². The molecule has 1 saturated carbocycles. The van der Waals surface area contributed by atoms with Crippen LogP contribution >= 0.6 is 11.6 Å². The third kappa shape index (κ3) is 6.72. The molecule has 6 heteroatoms. The zero-order valence-electron chi connectivity index (χ0n) is 22.4. The van der Waals surface area contributed by atoms with Gasteiger partial charge in [0.15, 0.2) is 0 Å². The Morgan fingerprint density at radius 1 is 0.925 bits per heavy atom. The molecule has 4 aromatic carbocycles. The summed E-state index contributed by atoms with van der Waals surface area (Å²) >= 11 is 6.09. The molecule has 0 aliphatic heterocycles. The molecule has 1 atom stereocenters. The maximum absolute atomic E-state index is 13.0. The fourth-order valence-electron chi connectivity index (χ4n) is 4.83. The van der Waals surface area contributed by atoms with Gasteiger partial charge in [-0.15, -0.1) is 0 Å². The summed E-state index contributed by atoms with van der Waals surface area (Å²) in [6.07, 6.45) is 5.93. The highest BCUT2D eigenvalue weighted by Crippen LogP contribution is 2.33. The molecule has 0 bridgehead atoms. The fraction of sp³-hybridized carbons (Fsp3) is 0.206. The average Bonchev–Trinajstić information content (AvgIpc) is 3.00. The zero-order chi connectivity index (χ0) is 27.9. The topological polar surface area (TPSA) is 55.8 Å². The second-order valence-electron chi connectivity index (χ2n) is 9.93. The van der Waals surface area contributed by atoms with E-state index in [1.165, 1.54) is 0 Å². The maximum atomic E-state index is 13.0. The molecule has 203 valence electrons. The van der Waals surface area contributed by atoms with Crippen LogP contribution in [0.25, 0.3) is 11.1 Å². The van der Waals surface area contributed by atoms with E-state index >= 15 is 0 Å². The lowest BCUT2D eigenvalue weighted by molar-refractivity contribution is -0.139. The lowest BCUT2D eigenvalue weighted by Crippen LogP contribution is -2.26. The van der Waals surface area contributed by atoms with E-state index in [0.29, 0.717) is 28.7 Å². The van der Waals surface area contributed by atoms with Gasteiger partial charge >= 0.3 is 5.97 Å². The van der Waals surface area contributed by atoms with Gasteiger partial charge in [-0.2, -0.15) is 0 Å². The molecule has 40 heavy (non-hydrogen) atoms. The van der Waals surface area contributed by atoms with E-state index in [9.17, 15) is 9.59 Å². The van der Waals surface area contributed by atoms with Gasteiger partial charge in [-0.1, -0.05) is 73.0 Å². The van der Waals surface area contributed by atoms with Gasteiger partial charge < -0.3 is 14.4 Å². The van der Waals surface area contributed by atoms with Crippen LogP contribution in [0.1, 0.15) is 41.6 Å². The molecular formula is C34H31ClNO4. The molecule has 1 aliphatic carbocycles. The predicted molar refractivity (Wildman–Crippen MR) is 159 cm³/mol. The van der Waals surface area contributed by atoms with Crippen molar-refractivity contribution in [3.05, 3.63) is 120 Å². The standard InChI is InChI=1S/C34H31ClNO4/c1-36(29-14-8-13-28(35)22-29)33(37)27-12-7-9-24(21-27)23-39-30-19-17-25(18-20-30)31-15-5-6-16-32(31)40-34(38)26-10-3-2-4-11-26/h3,5-9,12-22,26H,2,4,10-11,23H2,1H3. The smallest absolute Gasteiger partial charge is 0.314 e. The molecule has 0 spiro atoms. The number of benzene rings is 4. The normalized spacial score (nSPS) is 13.4. The summed E-state index contributed by atoms with van der Waals surface area (Å²) in [5.74, 6) is 0.903. The number of halogens is 1. The second-order valence-corrected chi connectivity index (χ2v) is 10.4. The molecule has 5 nitrogen and oxygen atoms in total. The molecule has 5 rings (SSSR count). The third-order valence-corrected chi connectivity index (χ3v) is 7.32. The number of para-hydroxylation sites is 1. The zero-order valence-corrected chi connectivity index (χ0v) is 23.1. The van der Waals surface area contributed by atoms with Gasteiger partial charge in [0.1, 0.15) is 18.1 Å². The van der Waals surface area contributed by atoms with Gasteiger partial charge in [0, 0.05) is 28.9 Å². The number of hydrogen-bond donors (Lipinski definition) is 0. The number of carbonyl (C=O) groups is 2. The highest BCUT2D eigenvalue weighted by molar-refractivity contribution is 6.31. The molecule has 0 saturated heterocycles. The number of ether oxygens (including phenoxy) is 2. The molecule has 1 radical (unpaired) electrons. The summed E-state index contributed by atoms with van der Waals surface area (Å²) in [5, 5.41) is 0.577. The van der Waals surface area contributed by atoms with Crippen LogP contribution in [0.15, 0.2) is 97.1 Å². The van der Waals surface area contributed by atoms with Gasteiger partial charge in [-0.3, -0.25) is 9.59 Å². The van der Waals surface area contributed by atoms with Gasteiger partial charge in [-0.05, 0) is 78.9 Å². The molecule has 1 aliphatic rings. The van der Waals surface area contributed by atoms with Crippen molar-refractivity contribution in [3.8, 4) is 22.6 Å². The Morgan fingerprint density at radius 2 is 1.73 bits per heavy atom. The number of hydrogen-bond acceptors (Lipinski definition) is 4. The van der Waals surface area contributed by atoms with E-state index in [1.54, 1.807) is 30.1 Å². The first-order chi connectivity index (χ1) is 19.5. The number of rotatable bonds is 8. The molecule has 1 amide bonds. The van der Waals surface area contributed by atoms with Gasteiger partial charge in [0.05, 0.1) is 5.92 Å². The van der Waals surface area contributed by atoms with E-state index in [4.69, 9.17) is 21.1 Å². The van der Waals surface area contributed by atoms with Crippen LogP contribution in [-0.2, 0) is 11.4 Å². The van der Waals surface area contributed by atoms with Crippen LogP contribution < -0.4 is 14.4 Å². The summed E-state index contributed by atoms with van der Waals surface area (Å²) in [7, 11) is 1.73. The van der Waals surface area contributed by atoms with E-state index in [0.717, 1.165) is 48.1 Å². The Labute approximate surface area is 240 Å². The van der Waals surface area contributed by atoms with Gasteiger partial charge in [0.25, 0.3) is 5.91 Å². The van der Waals surface area contributed by atoms with E-state index < -0.39 is 0 Å². The number of amides is 1. The minimum Gasteiger partial charge on any atom is -0.489 e. The van der Waals surface area contributed by atoms with Crippen molar-refractivity contribution >= 4 is 29.2 Å². The van der Waals surface area contributed by atoms with Crippen molar-refractivity contribution in [2.75, 3.05) is 11.9 Å². The average molecular weight is 553 g/mol. The molecular weight excluding hydrogens is 522 g/mol. The number of anilines is 1. The Kier molecular flexibility index (Phi) is 8.82. The Hall–Kier alpha value is -4.09. The highest BCUT2D eigenvalue weighted by Gasteiger charge is 2.24. The summed E-state index contributed by atoms with van der Waals surface area (Å²) in [6.45, 7) is 0.313.